The monoisotopic (exact) mass is 376 g/mol. The third-order valence-electron chi connectivity index (χ3n) is 4.90. The summed E-state index contributed by atoms with van der Waals surface area (Å²) in [6.45, 7) is 0.764. The fourth-order valence-corrected chi connectivity index (χ4v) is 3.46. The van der Waals surface area contributed by atoms with E-state index in [1.54, 1.807) is 11.0 Å². The first-order chi connectivity index (χ1) is 12.8. The Kier molecular flexibility index (Phi) is 5.21. The van der Waals surface area contributed by atoms with Gasteiger partial charge in [-0.2, -0.15) is 13.2 Å². The van der Waals surface area contributed by atoms with Crippen LogP contribution in [-0.4, -0.2) is 29.8 Å². The van der Waals surface area contributed by atoms with Crippen molar-refractivity contribution in [3.8, 4) is 0 Å². The fraction of sp³-hybridized carbons (Fsp3) is 0.300. The van der Waals surface area contributed by atoms with Gasteiger partial charge in [0.25, 0.3) is 5.91 Å². The van der Waals surface area contributed by atoms with Crippen molar-refractivity contribution in [1.29, 1.82) is 0 Å². The van der Waals surface area contributed by atoms with E-state index in [1.807, 2.05) is 0 Å². The largest absolute Gasteiger partial charge is 0.416 e. The standard InChI is InChI=1S/C20H19F3N2O2/c21-20(22,23)17-4-2-1-3-16(17)13-9-11-25(12-10-13)19(27)15-7-5-14(6-8-15)18(24)26/h1-8,13H,9-12H2,(H2,24,26). The van der Waals surface area contributed by atoms with Gasteiger partial charge in [0.2, 0.25) is 5.91 Å². The molecule has 1 aliphatic rings. The van der Waals surface area contributed by atoms with Gasteiger partial charge in [0.05, 0.1) is 5.56 Å². The molecule has 1 aliphatic heterocycles. The van der Waals surface area contributed by atoms with Gasteiger partial charge in [0.1, 0.15) is 0 Å². The molecule has 0 spiro atoms. The molecule has 0 radical (unpaired) electrons. The SMILES string of the molecule is NC(=O)c1ccc(C(=O)N2CCC(c3ccccc3C(F)(F)F)CC2)cc1. The maximum absolute atomic E-state index is 13.2. The van der Waals surface area contributed by atoms with Gasteiger partial charge in [-0.25, -0.2) is 0 Å². The molecule has 0 unspecified atom stereocenters. The van der Waals surface area contributed by atoms with Crippen molar-refractivity contribution < 1.29 is 22.8 Å². The summed E-state index contributed by atoms with van der Waals surface area (Å²) in [5, 5.41) is 0. The molecule has 4 nitrogen and oxygen atoms in total. The van der Waals surface area contributed by atoms with Crippen molar-refractivity contribution >= 4 is 11.8 Å². The molecule has 2 aromatic rings. The zero-order valence-corrected chi connectivity index (χ0v) is 14.5. The first kappa shape index (κ1) is 18.9. The molecule has 27 heavy (non-hydrogen) atoms. The normalized spacial score (nSPS) is 15.6. The van der Waals surface area contributed by atoms with Gasteiger partial charge in [0, 0.05) is 24.2 Å². The summed E-state index contributed by atoms with van der Waals surface area (Å²) in [5.41, 5.74) is 5.61. The first-order valence-electron chi connectivity index (χ1n) is 8.62. The summed E-state index contributed by atoms with van der Waals surface area (Å²) in [6, 6.07) is 11.7. The number of rotatable bonds is 3. The lowest BCUT2D eigenvalue weighted by Gasteiger charge is -2.33. The van der Waals surface area contributed by atoms with Gasteiger partial charge in [-0.15, -0.1) is 0 Å². The Labute approximate surface area is 154 Å². The summed E-state index contributed by atoms with van der Waals surface area (Å²) < 4.78 is 39.7. The molecule has 0 aliphatic carbocycles. The van der Waals surface area contributed by atoms with E-state index in [2.05, 4.69) is 0 Å². The number of primary amides is 1. The second kappa shape index (κ2) is 7.42. The predicted octanol–water partition coefficient (Wildman–Crippen LogP) is 3.82. The first-order valence-corrected chi connectivity index (χ1v) is 8.62. The number of halogens is 3. The number of hydrogen-bond donors (Lipinski definition) is 1. The van der Waals surface area contributed by atoms with E-state index >= 15 is 0 Å². The van der Waals surface area contributed by atoms with Crippen LogP contribution in [0.25, 0.3) is 0 Å². The zero-order chi connectivity index (χ0) is 19.6. The number of carbonyl (C=O) groups excluding carboxylic acids is 2. The third kappa shape index (κ3) is 4.13. The number of alkyl halides is 3. The van der Waals surface area contributed by atoms with Crippen LogP contribution in [0.3, 0.4) is 0 Å². The smallest absolute Gasteiger partial charge is 0.366 e. The van der Waals surface area contributed by atoms with Crippen LogP contribution < -0.4 is 5.73 Å². The average Bonchev–Trinajstić information content (AvgIpc) is 2.67. The van der Waals surface area contributed by atoms with Crippen LogP contribution in [0.15, 0.2) is 48.5 Å². The van der Waals surface area contributed by atoms with E-state index in [1.165, 1.54) is 36.4 Å². The van der Waals surface area contributed by atoms with Crippen molar-refractivity contribution in [3.63, 3.8) is 0 Å². The Morgan fingerprint density at radius 3 is 2.04 bits per heavy atom. The molecule has 1 fully saturated rings. The lowest BCUT2D eigenvalue weighted by molar-refractivity contribution is -0.138. The number of carbonyl (C=O) groups is 2. The number of likely N-dealkylation sites (tertiary alicyclic amines) is 1. The zero-order valence-electron chi connectivity index (χ0n) is 14.5. The molecular weight excluding hydrogens is 357 g/mol. The Balaban J connectivity index is 1.69. The van der Waals surface area contributed by atoms with Crippen LogP contribution in [-0.2, 0) is 6.18 Å². The highest BCUT2D eigenvalue weighted by atomic mass is 19.4. The van der Waals surface area contributed by atoms with Gasteiger partial charge in [0.15, 0.2) is 0 Å². The highest BCUT2D eigenvalue weighted by Crippen LogP contribution is 2.38. The third-order valence-corrected chi connectivity index (χ3v) is 4.90. The molecule has 0 aromatic heterocycles. The quantitative estimate of drug-likeness (QED) is 0.885. The highest BCUT2D eigenvalue weighted by Gasteiger charge is 2.36. The highest BCUT2D eigenvalue weighted by molar-refractivity contribution is 5.97. The second-order valence-electron chi connectivity index (χ2n) is 6.59. The lowest BCUT2D eigenvalue weighted by atomic mass is 9.86. The molecule has 2 amide bonds. The van der Waals surface area contributed by atoms with E-state index in [9.17, 15) is 22.8 Å². The molecule has 3 rings (SSSR count). The van der Waals surface area contributed by atoms with Crippen molar-refractivity contribution in [1.82, 2.24) is 4.90 Å². The van der Waals surface area contributed by atoms with Crippen LogP contribution in [0.5, 0.6) is 0 Å². The molecule has 0 atom stereocenters. The summed E-state index contributed by atoms with van der Waals surface area (Å²) in [7, 11) is 0. The molecular formula is C20H19F3N2O2. The molecule has 1 saturated heterocycles. The molecule has 7 heteroatoms. The van der Waals surface area contributed by atoms with Crippen LogP contribution in [0.4, 0.5) is 13.2 Å². The molecule has 0 saturated carbocycles. The van der Waals surface area contributed by atoms with Crippen LogP contribution in [0.2, 0.25) is 0 Å². The van der Waals surface area contributed by atoms with Gasteiger partial charge in [-0.1, -0.05) is 18.2 Å². The second-order valence-corrected chi connectivity index (χ2v) is 6.59. The Bertz CT molecular complexity index is 839. The molecule has 2 aromatic carbocycles. The Morgan fingerprint density at radius 1 is 0.926 bits per heavy atom. The fourth-order valence-electron chi connectivity index (χ4n) is 3.46. The van der Waals surface area contributed by atoms with Gasteiger partial charge in [-0.05, 0) is 54.7 Å². The molecule has 0 bridgehead atoms. The molecule has 2 N–H and O–H groups in total. The van der Waals surface area contributed by atoms with Gasteiger partial charge >= 0.3 is 6.18 Å². The number of nitrogens with two attached hydrogens (primary N) is 1. The number of amides is 2. The predicted molar refractivity (Wildman–Crippen MR) is 94.3 cm³/mol. The minimum Gasteiger partial charge on any atom is -0.366 e. The molecule has 1 heterocycles. The average molecular weight is 376 g/mol. The maximum atomic E-state index is 13.2. The van der Waals surface area contributed by atoms with Crippen LogP contribution in [0, 0.1) is 0 Å². The van der Waals surface area contributed by atoms with Crippen molar-refractivity contribution in [2.24, 2.45) is 5.73 Å². The number of piperidine rings is 1. The van der Waals surface area contributed by atoms with Crippen molar-refractivity contribution in [2.45, 2.75) is 24.9 Å². The minimum absolute atomic E-state index is 0.200. The van der Waals surface area contributed by atoms with E-state index in [0.29, 0.717) is 42.6 Å². The molecule has 142 valence electrons. The lowest BCUT2D eigenvalue weighted by Crippen LogP contribution is -2.38. The number of hydrogen-bond acceptors (Lipinski definition) is 2. The summed E-state index contributed by atoms with van der Waals surface area (Å²) in [6.07, 6.45) is -3.44. The Hall–Kier alpha value is -2.83. The van der Waals surface area contributed by atoms with E-state index in [0.717, 1.165) is 6.07 Å². The van der Waals surface area contributed by atoms with E-state index in [-0.39, 0.29) is 11.8 Å². The van der Waals surface area contributed by atoms with Crippen molar-refractivity contribution in [3.05, 3.63) is 70.8 Å². The minimum atomic E-state index is -4.38. The van der Waals surface area contributed by atoms with Gasteiger partial charge < -0.3 is 10.6 Å². The summed E-state index contributed by atoms with van der Waals surface area (Å²) in [4.78, 5) is 25.3. The van der Waals surface area contributed by atoms with Gasteiger partial charge in [-0.3, -0.25) is 9.59 Å². The van der Waals surface area contributed by atoms with Crippen LogP contribution >= 0.6 is 0 Å². The van der Waals surface area contributed by atoms with E-state index in [4.69, 9.17) is 5.73 Å². The van der Waals surface area contributed by atoms with E-state index < -0.39 is 17.6 Å². The number of benzene rings is 2. The van der Waals surface area contributed by atoms with Crippen LogP contribution in [0.1, 0.15) is 50.6 Å². The van der Waals surface area contributed by atoms with Crippen molar-refractivity contribution in [2.75, 3.05) is 13.1 Å². The topological polar surface area (TPSA) is 63.4 Å². The number of nitrogens with zero attached hydrogens (tertiary/aromatic N) is 1. The Morgan fingerprint density at radius 2 is 1.48 bits per heavy atom. The summed E-state index contributed by atoms with van der Waals surface area (Å²) in [5.74, 6) is -1.00. The maximum Gasteiger partial charge on any atom is 0.416 e. The summed E-state index contributed by atoms with van der Waals surface area (Å²) >= 11 is 0.